The molecule has 0 fully saturated rings. The van der Waals surface area contributed by atoms with Gasteiger partial charge in [-0.3, -0.25) is 0 Å². The fourth-order valence-corrected chi connectivity index (χ4v) is 0.746. The molecule has 0 saturated heterocycles. The van der Waals surface area contributed by atoms with Crippen LogP contribution in [0.3, 0.4) is 0 Å². The summed E-state index contributed by atoms with van der Waals surface area (Å²) in [6.45, 7) is 4.12. The predicted molar refractivity (Wildman–Crippen MR) is 46.8 cm³/mol. The van der Waals surface area contributed by atoms with Crippen LogP contribution in [0, 0.1) is 5.92 Å². The molecule has 0 aliphatic rings. The van der Waals surface area contributed by atoms with Crippen LogP contribution in [0.25, 0.3) is 0 Å². The highest BCUT2D eigenvalue weighted by molar-refractivity contribution is 4.69. The minimum atomic E-state index is -0.710. The summed E-state index contributed by atoms with van der Waals surface area (Å²) in [7, 11) is 0. The Bertz CT molecular complexity index is 110. The predicted octanol–water partition coefficient (Wildman–Crippen LogP) is -1.05. The summed E-state index contributed by atoms with van der Waals surface area (Å²) < 4.78 is 0. The van der Waals surface area contributed by atoms with E-state index in [4.69, 9.17) is 15.3 Å². The minimum Gasteiger partial charge on any atom is -0.396 e. The van der Waals surface area contributed by atoms with E-state index in [-0.39, 0.29) is 25.2 Å². The van der Waals surface area contributed by atoms with Crippen molar-refractivity contribution in [2.24, 2.45) is 5.92 Å². The lowest BCUT2D eigenvalue weighted by molar-refractivity contribution is 0.0884. The number of aliphatic hydroxyl groups excluding tert-OH is 3. The van der Waals surface area contributed by atoms with Crippen molar-refractivity contribution in [1.82, 2.24) is 5.32 Å². The summed E-state index contributed by atoms with van der Waals surface area (Å²) in [6, 6.07) is 0.149. The Morgan fingerprint density at radius 1 is 1.17 bits per heavy atom. The summed E-state index contributed by atoms with van der Waals surface area (Å²) in [4.78, 5) is 0. The molecule has 0 bridgehead atoms. The monoisotopic (exact) mass is 177 g/mol. The van der Waals surface area contributed by atoms with Gasteiger partial charge >= 0.3 is 0 Å². The summed E-state index contributed by atoms with van der Waals surface area (Å²) >= 11 is 0. The highest BCUT2D eigenvalue weighted by atomic mass is 16.3. The van der Waals surface area contributed by atoms with Crippen molar-refractivity contribution < 1.29 is 15.3 Å². The molecule has 3 atom stereocenters. The second-order valence-electron chi connectivity index (χ2n) is 3.19. The molecule has 4 N–H and O–H groups in total. The summed E-state index contributed by atoms with van der Waals surface area (Å²) in [5, 5.41) is 29.3. The lowest BCUT2D eigenvalue weighted by Crippen LogP contribution is -2.39. The highest BCUT2D eigenvalue weighted by Gasteiger charge is 2.11. The Kier molecular flexibility index (Phi) is 6.28. The van der Waals surface area contributed by atoms with E-state index >= 15 is 0 Å². The van der Waals surface area contributed by atoms with Gasteiger partial charge in [-0.25, -0.2) is 0 Å². The normalized spacial score (nSPS) is 18.8. The molecule has 0 radical (unpaired) electrons. The summed E-state index contributed by atoms with van der Waals surface area (Å²) in [5.41, 5.74) is 0. The molecule has 0 aromatic rings. The first-order valence-corrected chi connectivity index (χ1v) is 4.25. The molecule has 0 amide bonds. The van der Waals surface area contributed by atoms with Crippen LogP contribution >= 0.6 is 0 Å². The highest BCUT2D eigenvalue weighted by Crippen LogP contribution is 1.99. The first-order chi connectivity index (χ1) is 5.61. The molecule has 3 unspecified atom stereocenters. The van der Waals surface area contributed by atoms with Gasteiger partial charge in [0.05, 0.1) is 12.7 Å². The van der Waals surface area contributed by atoms with Crippen LogP contribution in [0.15, 0.2) is 0 Å². The van der Waals surface area contributed by atoms with E-state index < -0.39 is 6.10 Å². The summed E-state index contributed by atoms with van der Waals surface area (Å²) in [5.74, 6) is 0.163. The molecule has 0 aliphatic heterocycles. The average molecular weight is 177 g/mol. The first-order valence-electron chi connectivity index (χ1n) is 4.25. The zero-order valence-corrected chi connectivity index (χ0v) is 7.70. The largest absolute Gasteiger partial charge is 0.396 e. The minimum absolute atomic E-state index is 0.128. The van der Waals surface area contributed by atoms with Gasteiger partial charge < -0.3 is 20.6 Å². The third kappa shape index (κ3) is 4.66. The second kappa shape index (κ2) is 6.37. The van der Waals surface area contributed by atoms with Gasteiger partial charge in [-0.15, -0.1) is 0 Å². The number of hydrogen-bond donors (Lipinski definition) is 4. The van der Waals surface area contributed by atoms with Gasteiger partial charge in [0.1, 0.15) is 0 Å². The lowest BCUT2D eigenvalue weighted by Gasteiger charge is -2.20. The van der Waals surface area contributed by atoms with E-state index in [1.807, 2.05) is 13.8 Å². The van der Waals surface area contributed by atoms with Gasteiger partial charge in [0.25, 0.3) is 0 Å². The average Bonchev–Trinajstić information content (AvgIpc) is 2.11. The molecule has 0 heterocycles. The molecule has 0 saturated carbocycles. The number of hydrogen-bond acceptors (Lipinski definition) is 4. The number of nitrogens with one attached hydrogen (secondary N) is 1. The van der Waals surface area contributed by atoms with Gasteiger partial charge in [0.15, 0.2) is 0 Å². The molecule has 12 heavy (non-hydrogen) atoms. The van der Waals surface area contributed by atoms with Crippen LogP contribution in [0.5, 0.6) is 0 Å². The van der Waals surface area contributed by atoms with E-state index in [2.05, 4.69) is 5.32 Å². The van der Waals surface area contributed by atoms with Crippen LogP contribution < -0.4 is 5.32 Å². The standard InChI is InChI=1S/C8H19NO3/c1-6(4-10)7(2)9-3-8(12)5-11/h6-12H,3-5H2,1-2H3. The maximum Gasteiger partial charge on any atom is 0.0895 e. The smallest absolute Gasteiger partial charge is 0.0895 e. The van der Waals surface area contributed by atoms with Crippen molar-refractivity contribution in [2.45, 2.75) is 26.0 Å². The number of aliphatic hydroxyl groups is 3. The Labute approximate surface area is 73.2 Å². The number of rotatable bonds is 6. The molecular weight excluding hydrogens is 158 g/mol. The van der Waals surface area contributed by atoms with E-state index in [1.165, 1.54) is 0 Å². The quantitative estimate of drug-likeness (QED) is 0.417. The van der Waals surface area contributed by atoms with Crippen LogP contribution in [0.4, 0.5) is 0 Å². The molecule has 0 rings (SSSR count). The zero-order valence-electron chi connectivity index (χ0n) is 7.70. The lowest BCUT2D eigenvalue weighted by atomic mass is 10.1. The molecule has 0 aliphatic carbocycles. The zero-order chi connectivity index (χ0) is 9.56. The van der Waals surface area contributed by atoms with Crippen LogP contribution in [0.2, 0.25) is 0 Å². The van der Waals surface area contributed by atoms with Crippen molar-refractivity contribution in [3.05, 3.63) is 0 Å². The Morgan fingerprint density at radius 3 is 2.17 bits per heavy atom. The van der Waals surface area contributed by atoms with E-state index in [0.717, 1.165) is 0 Å². The van der Waals surface area contributed by atoms with E-state index in [1.54, 1.807) is 0 Å². The van der Waals surface area contributed by atoms with Gasteiger partial charge in [-0.2, -0.15) is 0 Å². The van der Waals surface area contributed by atoms with E-state index in [0.29, 0.717) is 6.54 Å². The molecule has 4 heteroatoms. The first kappa shape index (κ1) is 11.8. The second-order valence-corrected chi connectivity index (χ2v) is 3.19. The fraction of sp³-hybridized carbons (Fsp3) is 1.00. The molecule has 0 spiro atoms. The van der Waals surface area contributed by atoms with Gasteiger partial charge in [0, 0.05) is 19.2 Å². The molecule has 4 nitrogen and oxygen atoms in total. The fourth-order valence-electron chi connectivity index (χ4n) is 0.746. The van der Waals surface area contributed by atoms with Gasteiger partial charge in [-0.05, 0) is 12.8 Å². The van der Waals surface area contributed by atoms with Gasteiger partial charge in [-0.1, -0.05) is 6.92 Å². The van der Waals surface area contributed by atoms with Crippen molar-refractivity contribution in [2.75, 3.05) is 19.8 Å². The van der Waals surface area contributed by atoms with Crippen molar-refractivity contribution >= 4 is 0 Å². The summed E-state index contributed by atoms with van der Waals surface area (Å²) in [6.07, 6.45) is -0.710. The van der Waals surface area contributed by atoms with Crippen molar-refractivity contribution in [1.29, 1.82) is 0 Å². The molecule has 74 valence electrons. The van der Waals surface area contributed by atoms with Crippen LogP contribution in [0.1, 0.15) is 13.8 Å². The van der Waals surface area contributed by atoms with Crippen LogP contribution in [-0.2, 0) is 0 Å². The molecular formula is C8H19NO3. The third-order valence-corrected chi connectivity index (χ3v) is 2.03. The van der Waals surface area contributed by atoms with Crippen molar-refractivity contribution in [3.63, 3.8) is 0 Å². The van der Waals surface area contributed by atoms with Crippen LogP contribution in [-0.4, -0.2) is 47.2 Å². The van der Waals surface area contributed by atoms with Gasteiger partial charge in [0.2, 0.25) is 0 Å². The Balaban J connectivity index is 3.49. The maximum atomic E-state index is 8.99. The Morgan fingerprint density at radius 2 is 1.75 bits per heavy atom. The third-order valence-electron chi connectivity index (χ3n) is 2.03. The molecule has 0 aromatic heterocycles. The maximum absolute atomic E-state index is 8.99. The molecule has 0 aromatic carbocycles. The van der Waals surface area contributed by atoms with Crippen molar-refractivity contribution in [3.8, 4) is 0 Å². The SMILES string of the molecule is CC(CO)C(C)NCC(O)CO. The van der Waals surface area contributed by atoms with E-state index in [9.17, 15) is 0 Å². The topological polar surface area (TPSA) is 72.7 Å². The Hall–Kier alpha value is -0.160.